The standard InChI is InChI=1S/C15H20N2O2/c1-13(2,3)19-12(18)17-15-8-14(9-15,10-15)11-4-6-16-7-5-11/h4-7H,8-10H2,1-3H3,(H,17,18). The second-order valence-electron chi connectivity index (χ2n) is 6.95. The van der Waals surface area contributed by atoms with E-state index in [0.717, 1.165) is 19.3 Å². The summed E-state index contributed by atoms with van der Waals surface area (Å²) in [5, 5.41) is 3.03. The number of pyridine rings is 1. The fourth-order valence-corrected chi connectivity index (χ4v) is 3.45. The summed E-state index contributed by atoms with van der Waals surface area (Å²) in [5.41, 5.74) is 1.16. The van der Waals surface area contributed by atoms with E-state index in [-0.39, 0.29) is 17.0 Å². The molecule has 1 N–H and O–H groups in total. The Morgan fingerprint density at radius 1 is 1.26 bits per heavy atom. The Bertz CT molecular complexity index is 485. The van der Waals surface area contributed by atoms with Crippen molar-refractivity contribution in [3.05, 3.63) is 30.1 Å². The summed E-state index contributed by atoms with van der Waals surface area (Å²) in [6.07, 6.45) is 6.43. The SMILES string of the molecule is CC(C)(C)OC(=O)NC12CC(c3ccncc3)(C1)C2. The average Bonchev–Trinajstić information content (AvgIpc) is 2.20. The van der Waals surface area contributed by atoms with Crippen LogP contribution < -0.4 is 5.32 Å². The minimum Gasteiger partial charge on any atom is -0.444 e. The molecule has 4 rings (SSSR count). The van der Waals surface area contributed by atoms with Crippen LogP contribution in [0.5, 0.6) is 0 Å². The highest BCUT2D eigenvalue weighted by molar-refractivity contribution is 5.70. The lowest BCUT2D eigenvalue weighted by atomic mass is 9.37. The Morgan fingerprint density at radius 2 is 1.84 bits per heavy atom. The molecule has 1 aromatic heterocycles. The molecule has 0 saturated heterocycles. The first kappa shape index (κ1) is 12.5. The zero-order chi connectivity index (χ0) is 13.7. The van der Waals surface area contributed by atoms with E-state index >= 15 is 0 Å². The van der Waals surface area contributed by atoms with Crippen LogP contribution in [-0.4, -0.2) is 22.2 Å². The van der Waals surface area contributed by atoms with E-state index in [1.165, 1.54) is 5.56 Å². The largest absolute Gasteiger partial charge is 0.444 e. The first-order chi connectivity index (χ1) is 8.83. The third-order valence-electron chi connectivity index (χ3n) is 4.09. The number of carbonyl (C=O) groups excluding carboxylic acids is 1. The van der Waals surface area contributed by atoms with Crippen molar-refractivity contribution in [1.82, 2.24) is 10.3 Å². The lowest BCUT2D eigenvalue weighted by Gasteiger charge is -2.70. The van der Waals surface area contributed by atoms with Gasteiger partial charge in [-0.15, -0.1) is 0 Å². The second-order valence-corrected chi connectivity index (χ2v) is 6.95. The first-order valence-electron chi connectivity index (χ1n) is 6.74. The Hall–Kier alpha value is -1.58. The summed E-state index contributed by atoms with van der Waals surface area (Å²) in [7, 11) is 0. The molecule has 102 valence electrons. The summed E-state index contributed by atoms with van der Waals surface area (Å²) >= 11 is 0. The maximum Gasteiger partial charge on any atom is 0.408 e. The molecule has 0 radical (unpaired) electrons. The fourth-order valence-electron chi connectivity index (χ4n) is 3.45. The van der Waals surface area contributed by atoms with Crippen molar-refractivity contribution >= 4 is 6.09 Å². The van der Waals surface area contributed by atoms with Crippen LogP contribution >= 0.6 is 0 Å². The van der Waals surface area contributed by atoms with Crippen LogP contribution in [0, 0.1) is 0 Å². The van der Waals surface area contributed by atoms with Crippen LogP contribution in [0.25, 0.3) is 0 Å². The third kappa shape index (κ3) is 2.09. The molecule has 3 saturated carbocycles. The van der Waals surface area contributed by atoms with E-state index in [4.69, 9.17) is 4.74 Å². The Kier molecular flexibility index (Phi) is 2.43. The van der Waals surface area contributed by atoms with Crippen molar-refractivity contribution in [2.75, 3.05) is 0 Å². The smallest absolute Gasteiger partial charge is 0.408 e. The molecule has 0 spiro atoms. The van der Waals surface area contributed by atoms with Crippen molar-refractivity contribution in [3.8, 4) is 0 Å². The lowest BCUT2D eigenvalue weighted by molar-refractivity contribution is -0.0884. The summed E-state index contributed by atoms with van der Waals surface area (Å²) in [6, 6.07) is 4.16. The predicted octanol–water partition coefficient (Wildman–Crippen LogP) is 2.78. The minimum atomic E-state index is -0.434. The van der Waals surface area contributed by atoms with Crippen molar-refractivity contribution < 1.29 is 9.53 Å². The number of aromatic nitrogens is 1. The van der Waals surface area contributed by atoms with Gasteiger partial charge in [-0.2, -0.15) is 0 Å². The molecule has 2 bridgehead atoms. The Balaban J connectivity index is 1.58. The highest BCUT2D eigenvalue weighted by Gasteiger charge is 2.69. The van der Waals surface area contributed by atoms with E-state index < -0.39 is 5.60 Å². The van der Waals surface area contributed by atoms with Gasteiger partial charge in [0.05, 0.1) is 0 Å². The van der Waals surface area contributed by atoms with Gasteiger partial charge < -0.3 is 10.1 Å². The number of nitrogens with one attached hydrogen (secondary N) is 1. The van der Waals surface area contributed by atoms with Crippen molar-refractivity contribution in [3.63, 3.8) is 0 Å². The van der Waals surface area contributed by atoms with Gasteiger partial charge in [0.2, 0.25) is 0 Å². The average molecular weight is 260 g/mol. The molecular formula is C15H20N2O2. The number of amides is 1. The Morgan fingerprint density at radius 3 is 2.37 bits per heavy atom. The van der Waals surface area contributed by atoms with Gasteiger partial charge >= 0.3 is 6.09 Å². The van der Waals surface area contributed by atoms with Gasteiger partial charge in [-0.1, -0.05) is 0 Å². The monoisotopic (exact) mass is 260 g/mol. The number of alkyl carbamates (subject to hydrolysis) is 1. The molecule has 1 aromatic rings. The first-order valence-corrected chi connectivity index (χ1v) is 6.74. The number of ether oxygens (including phenoxy) is 1. The van der Waals surface area contributed by atoms with Crippen LogP contribution in [0.15, 0.2) is 24.5 Å². The van der Waals surface area contributed by atoms with E-state index in [9.17, 15) is 4.79 Å². The van der Waals surface area contributed by atoms with Gasteiger partial charge in [-0.3, -0.25) is 4.98 Å². The number of nitrogens with zero attached hydrogens (tertiary/aromatic N) is 1. The van der Waals surface area contributed by atoms with Crippen LogP contribution in [0.4, 0.5) is 4.79 Å². The van der Waals surface area contributed by atoms with Gasteiger partial charge in [-0.05, 0) is 57.7 Å². The quantitative estimate of drug-likeness (QED) is 0.889. The highest BCUT2D eigenvalue weighted by atomic mass is 16.6. The fraction of sp³-hybridized carbons (Fsp3) is 0.600. The van der Waals surface area contributed by atoms with Crippen LogP contribution in [0.1, 0.15) is 45.6 Å². The van der Waals surface area contributed by atoms with Crippen molar-refractivity contribution in [2.24, 2.45) is 0 Å². The summed E-state index contributed by atoms with van der Waals surface area (Å²) < 4.78 is 5.31. The van der Waals surface area contributed by atoms with Crippen molar-refractivity contribution in [2.45, 2.75) is 56.6 Å². The molecular weight excluding hydrogens is 240 g/mol. The zero-order valence-electron chi connectivity index (χ0n) is 11.7. The van der Waals surface area contributed by atoms with Crippen LogP contribution in [0.2, 0.25) is 0 Å². The molecule has 0 atom stereocenters. The van der Waals surface area contributed by atoms with Gasteiger partial charge in [0.15, 0.2) is 0 Å². The highest BCUT2D eigenvalue weighted by Crippen LogP contribution is 2.67. The summed E-state index contributed by atoms with van der Waals surface area (Å²) in [4.78, 5) is 15.8. The molecule has 1 heterocycles. The molecule has 0 aliphatic heterocycles. The molecule has 0 unspecified atom stereocenters. The molecule has 4 heteroatoms. The maximum absolute atomic E-state index is 11.8. The van der Waals surface area contributed by atoms with E-state index in [1.54, 1.807) is 0 Å². The Labute approximate surface area is 113 Å². The normalized spacial score (nSPS) is 31.9. The van der Waals surface area contributed by atoms with Gasteiger partial charge in [-0.25, -0.2) is 4.79 Å². The zero-order valence-corrected chi connectivity index (χ0v) is 11.7. The molecule has 4 nitrogen and oxygen atoms in total. The topological polar surface area (TPSA) is 51.2 Å². The van der Waals surface area contributed by atoms with Crippen LogP contribution in [0.3, 0.4) is 0 Å². The number of hydrogen-bond donors (Lipinski definition) is 1. The van der Waals surface area contributed by atoms with Gasteiger partial charge in [0, 0.05) is 23.3 Å². The second kappa shape index (κ2) is 3.71. The van der Waals surface area contributed by atoms with Gasteiger partial charge in [0.1, 0.15) is 5.60 Å². The number of hydrogen-bond acceptors (Lipinski definition) is 3. The van der Waals surface area contributed by atoms with Crippen LogP contribution in [-0.2, 0) is 10.2 Å². The predicted molar refractivity (Wildman–Crippen MR) is 71.9 cm³/mol. The molecule has 3 aliphatic carbocycles. The van der Waals surface area contributed by atoms with Gasteiger partial charge in [0.25, 0.3) is 0 Å². The third-order valence-corrected chi connectivity index (χ3v) is 4.09. The van der Waals surface area contributed by atoms with E-state index in [1.807, 2.05) is 33.2 Å². The van der Waals surface area contributed by atoms with Crippen molar-refractivity contribution in [1.29, 1.82) is 0 Å². The molecule has 3 aliphatic rings. The molecule has 3 fully saturated rings. The van der Waals surface area contributed by atoms with E-state index in [0.29, 0.717) is 0 Å². The number of carbonyl (C=O) groups is 1. The lowest BCUT2D eigenvalue weighted by Crippen LogP contribution is -2.76. The minimum absolute atomic E-state index is 0.0222. The molecule has 0 aromatic carbocycles. The summed E-state index contributed by atoms with van der Waals surface area (Å²) in [5.74, 6) is 0. The number of rotatable bonds is 2. The van der Waals surface area contributed by atoms with E-state index in [2.05, 4.69) is 22.4 Å². The molecule has 1 amide bonds. The summed E-state index contributed by atoms with van der Waals surface area (Å²) in [6.45, 7) is 5.65. The molecule has 19 heavy (non-hydrogen) atoms. The maximum atomic E-state index is 11.8.